The van der Waals surface area contributed by atoms with Crippen molar-refractivity contribution >= 4 is 22.4 Å². The molecule has 0 atom stereocenters. The van der Waals surface area contributed by atoms with Gasteiger partial charge in [-0.05, 0) is 17.7 Å². The Morgan fingerprint density at radius 2 is 1.59 bits per heavy atom. The molecule has 7 nitrogen and oxygen atoms in total. The number of hydrogen-bond acceptors (Lipinski definition) is 6. The highest BCUT2D eigenvalue weighted by Gasteiger charge is 2.19. The number of anilines is 1. The minimum absolute atomic E-state index is 0.0789. The summed E-state index contributed by atoms with van der Waals surface area (Å²) in [6, 6.07) is 23.5. The number of benzene rings is 2. The predicted octanol–water partition coefficient (Wildman–Crippen LogP) is 4.63. The highest BCUT2D eigenvalue weighted by atomic mass is 32.1. The van der Waals surface area contributed by atoms with Gasteiger partial charge in [0.15, 0.2) is 5.13 Å². The molecule has 5 rings (SSSR count). The van der Waals surface area contributed by atoms with Crippen molar-refractivity contribution in [1.82, 2.24) is 25.0 Å². The van der Waals surface area contributed by atoms with Crippen LogP contribution in [0.5, 0.6) is 0 Å². The van der Waals surface area contributed by atoms with E-state index in [1.165, 1.54) is 11.3 Å². The topological polar surface area (TPSA) is 85.6 Å². The molecule has 1 N–H and O–H groups in total. The standard InChI is InChI=1S/C24H18N6OS/c31-22(27-24-26-16-21(32-24)17-7-3-1-4-8-17)15-20-23(18-9-5-2-6-10-18)30(29-28-20)19-11-13-25-14-12-19/h1-14,16H,15H2,(H,26,27,31). The van der Waals surface area contributed by atoms with Crippen molar-refractivity contribution in [1.29, 1.82) is 0 Å². The van der Waals surface area contributed by atoms with Crippen LogP contribution in [0, 0.1) is 0 Å². The summed E-state index contributed by atoms with van der Waals surface area (Å²) < 4.78 is 1.73. The van der Waals surface area contributed by atoms with Gasteiger partial charge in [0.25, 0.3) is 0 Å². The van der Waals surface area contributed by atoms with Gasteiger partial charge in [0.05, 0.1) is 22.7 Å². The number of carbonyl (C=O) groups is 1. The first-order chi connectivity index (χ1) is 15.8. The van der Waals surface area contributed by atoms with Crippen LogP contribution in [0.2, 0.25) is 0 Å². The van der Waals surface area contributed by atoms with Crippen LogP contribution in [0.25, 0.3) is 27.4 Å². The number of hydrogen-bond donors (Lipinski definition) is 1. The van der Waals surface area contributed by atoms with E-state index in [0.29, 0.717) is 10.8 Å². The van der Waals surface area contributed by atoms with Crippen LogP contribution in [0.15, 0.2) is 91.4 Å². The Morgan fingerprint density at radius 3 is 2.31 bits per heavy atom. The molecule has 3 aromatic heterocycles. The van der Waals surface area contributed by atoms with E-state index in [0.717, 1.165) is 27.4 Å². The van der Waals surface area contributed by atoms with Crippen LogP contribution in [-0.2, 0) is 11.2 Å². The zero-order valence-corrected chi connectivity index (χ0v) is 17.7. The molecule has 0 radical (unpaired) electrons. The number of amides is 1. The van der Waals surface area contributed by atoms with Crippen molar-refractivity contribution < 1.29 is 4.79 Å². The molecule has 0 fully saturated rings. The summed E-state index contributed by atoms with van der Waals surface area (Å²) in [5, 5.41) is 12.1. The molecule has 32 heavy (non-hydrogen) atoms. The van der Waals surface area contributed by atoms with Crippen molar-refractivity contribution in [2.45, 2.75) is 6.42 Å². The minimum atomic E-state index is -0.196. The number of nitrogens with zero attached hydrogens (tertiary/aromatic N) is 5. The van der Waals surface area contributed by atoms with Crippen LogP contribution in [0.3, 0.4) is 0 Å². The molecule has 5 aromatic rings. The van der Waals surface area contributed by atoms with E-state index in [-0.39, 0.29) is 12.3 Å². The van der Waals surface area contributed by atoms with E-state index < -0.39 is 0 Å². The maximum absolute atomic E-state index is 12.8. The summed E-state index contributed by atoms with van der Waals surface area (Å²) in [6.07, 6.45) is 5.25. The summed E-state index contributed by atoms with van der Waals surface area (Å²) >= 11 is 1.44. The van der Waals surface area contributed by atoms with Gasteiger partial charge in [-0.15, -0.1) is 5.10 Å². The fraction of sp³-hybridized carbons (Fsp3) is 0.0417. The number of rotatable bonds is 6. The first-order valence-corrected chi connectivity index (χ1v) is 10.8. The molecule has 156 valence electrons. The zero-order valence-electron chi connectivity index (χ0n) is 16.9. The second-order valence-corrected chi connectivity index (χ2v) is 8.02. The molecular weight excluding hydrogens is 420 g/mol. The predicted molar refractivity (Wildman–Crippen MR) is 124 cm³/mol. The van der Waals surface area contributed by atoms with Crippen LogP contribution < -0.4 is 5.32 Å². The Labute approximate surface area is 188 Å². The van der Waals surface area contributed by atoms with E-state index in [4.69, 9.17) is 0 Å². The fourth-order valence-electron chi connectivity index (χ4n) is 3.37. The van der Waals surface area contributed by atoms with Crippen molar-refractivity contribution in [3.05, 3.63) is 97.1 Å². The van der Waals surface area contributed by atoms with Gasteiger partial charge in [-0.25, -0.2) is 9.67 Å². The van der Waals surface area contributed by atoms with Crippen molar-refractivity contribution in [3.63, 3.8) is 0 Å². The van der Waals surface area contributed by atoms with E-state index in [1.54, 1.807) is 23.3 Å². The van der Waals surface area contributed by atoms with E-state index in [2.05, 4.69) is 25.6 Å². The molecule has 0 aliphatic heterocycles. The molecule has 0 bridgehead atoms. The lowest BCUT2D eigenvalue weighted by molar-refractivity contribution is -0.115. The SMILES string of the molecule is O=C(Cc1nnn(-c2ccncc2)c1-c1ccccc1)Nc1ncc(-c2ccccc2)s1. The second-order valence-electron chi connectivity index (χ2n) is 6.99. The Bertz CT molecular complexity index is 1330. The molecule has 0 saturated heterocycles. The van der Waals surface area contributed by atoms with Gasteiger partial charge < -0.3 is 5.32 Å². The van der Waals surface area contributed by atoms with Gasteiger partial charge in [-0.3, -0.25) is 9.78 Å². The Hall–Kier alpha value is -4.17. The van der Waals surface area contributed by atoms with E-state index >= 15 is 0 Å². The smallest absolute Gasteiger partial charge is 0.232 e. The van der Waals surface area contributed by atoms with Crippen molar-refractivity contribution in [2.24, 2.45) is 0 Å². The van der Waals surface area contributed by atoms with Crippen LogP contribution in [0.1, 0.15) is 5.69 Å². The van der Waals surface area contributed by atoms with E-state index in [9.17, 15) is 4.79 Å². The summed E-state index contributed by atoms with van der Waals surface area (Å²) in [4.78, 5) is 22.2. The molecule has 8 heteroatoms. The van der Waals surface area contributed by atoms with Gasteiger partial charge in [0, 0.05) is 24.2 Å². The number of aromatic nitrogens is 5. The lowest BCUT2D eigenvalue weighted by atomic mass is 10.1. The fourth-order valence-corrected chi connectivity index (χ4v) is 4.20. The number of carbonyl (C=O) groups excluding carboxylic acids is 1. The van der Waals surface area contributed by atoms with Gasteiger partial charge in [-0.1, -0.05) is 77.2 Å². The molecular formula is C24H18N6OS. The van der Waals surface area contributed by atoms with Crippen LogP contribution >= 0.6 is 11.3 Å². The average molecular weight is 439 g/mol. The maximum Gasteiger partial charge on any atom is 0.232 e. The van der Waals surface area contributed by atoms with Crippen molar-refractivity contribution in [2.75, 3.05) is 5.32 Å². The van der Waals surface area contributed by atoms with Gasteiger partial charge >= 0.3 is 0 Å². The average Bonchev–Trinajstić information content (AvgIpc) is 3.48. The quantitative estimate of drug-likeness (QED) is 0.418. The molecule has 0 spiro atoms. The third-order valence-electron chi connectivity index (χ3n) is 4.83. The molecule has 0 unspecified atom stereocenters. The number of thiazole rings is 1. The van der Waals surface area contributed by atoms with Crippen molar-refractivity contribution in [3.8, 4) is 27.4 Å². The largest absolute Gasteiger partial charge is 0.302 e. The lowest BCUT2D eigenvalue weighted by Gasteiger charge is -2.08. The summed E-state index contributed by atoms with van der Waals surface area (Å²) in [5.41, 5.74) is 4.18. The van der Waals surface area contributed by atoms with Crippen LogP contribution in [0.4, 0.5) is 5.13 Å². The first-order valence-electron chi connectivity index (χ1n) is 9.99. The second kappa shape index (κ2) is 8.91. The third kappa shape index (κ3) is 4.17. The van der Waals surface area contributed by atoms with Gasteiger partial charge in [-0.2, -0.15) is 0 Å². The van der Waals surface area contributed by atoms with Gasteiger partial charge in [0.1, 0.15) is 5.69 Å². The molecule has 2 aromatic carbocycles. The highest BCUT2D eigenvalue weighted by Crippen LogP contribution is 2.29. The Kier molecular flexibility index (Phi) is 5.50. The Balaban J connectivity index is 1.40. The zero-order chi connectivity index (χ0) is 21.8. The molecule has 0 saturated carbocycles. The minimum Gasteiger partial charge on any atom is -0.302 e. The normalized spacial score (nSPS) is 10.8. The van der Waals surface area contributed by atoms with Gasteiger partial charge in [0.2, 0.25) is 5.91 Å². The monoisotopic (exact) mass is 438 g/mol. The summed E-state index contributed by atoms with van der Waals surface area (Å²) in [6.45, 7) is 0. The highest BCUT2D eigenvalue weighted by molar-refractivity contribution is 7.19. The molecule has 0 aliphatic carbocycles. The molecule has 3 heterocycles. The van der Waals surface area contributed by atoms with Crippen LogP contribution in [-0.4, -0.2) is 30.9 Å². The summed E-state index contributed by atoms with van der Waals surface area (Å²) in [7, 11) is 0. The lowest BCUT2D eigenvalue weighted by Crippen LogP contribution is -2.15. The van der Waals surface area contributed by atoms with E-state index in [1.807, 2.05) is 72.8 Å². The molecule has 1 amide bonds. The number of pyridine rings is 1. The maximum atomic E-state index is 12.8. The Morgan fingerprint density at radius 1 is 0.906 bits per heavy atom. The first kappa shape index (κ1) is 19.8. The third-order valence-corrected chi connectivity index (χ3v) is 5.79. The molecule has 0 aliphatic rings. The number of nitrogens with one attached hydrogen (secondary N) is 1. The summed E-state index contributed by atoms with van der Waals surface area (Å²) in [5.74, 6) is -0.196.